The molecule has 0 radical (unpaired) electrons. The second-order valence-corrected chi connectivity index (χ2v) is 6.71. The lowest BCUT2D eigenvalue weighted by molar-refractivity contribution is 0.488. The summed E-state index contributed by atoms with van der Waals surface area (Å²) in [4.78, 5) is 0.114. The molecule has 0 fully saturated rings. The van der Waals surface area contributed by atoms with Crippen molar-refractivity contribution in [1.29, 1.82) is 0 Å². The maximum atomic E-state index is 12.3. The Hall–Kier alpha value is -0.730. The molecule has 8 heteroatoms. The molecule has 0 aliphatic rings. The van der Waals surface area contributed by atoms with E-state index in [0.717, 1.165) is 5.75 Å². The molecule has 0 unspecified atom stereocenters. The Bertz CT molecular complexity index is 495. The van der Waals surface area contributed by atoms with Crippen molar-refractivity contribution in [2.45, 2.75) is 11.8 Å². The molecule has 0 aromatic carbocycles. The number of sulfonamides is 1. The van der Waals surface area contributed by atoms with Crippen molar-refractivity contribution in [3.05, 3.63) is 5.69 Å². The van der Waals surface area contributed by atoms with Crippen LogP contribution in [0, 0.1) is 6.92 Å². The summed E-state index contributed by atoms with van der Waals surface area (Å²) >= 11 is 1.60. The lowest BCUT2D eigenvalue weighted by Gasteiger charge is -2.16. The highest BCUT2D eigenvalue weighted by Crippen LogP contribution is 2.24. The molecule has 0 saturated carbocycles. The number of hydrogen-bond donors (Lipinski definition) is 1. The molecule has 0 aliphatic heterocycles. The molecule has 1 rings (SSSR count). The van der Waals surface area contributed by atoms with E-state index in [-0.39, 0.29) is 10.7 Å². The molecule has 0 atom stereocenters. The van der Waals surface area contributed by atoms with Crippen molar-refractivity contribution in [2.75, 3.05) is 31.3 Å². The molecule has 6 nitrogen and oxygen atoms in total. The van der Waals surface area contributed by atoms with Crippen molar-refractivity contribution >= 4 is 27.6 Å². The highest BCUT2D eigenvalue weighted by Gasteiger charge is 2.28. The molecule has 1 heterocycles. The van der Waals surface area contributed by atoms with Gasteiger partial charge in [-0.05, 0) is 13.2 Å². The summed E-state index contributed by atoms with van der Waals surface area (Å²) in [7, 11) is -0.314. The molecule has 1 aromatic rings. The van der Waals surface area contributed by atoms with E-state index in [1.165, 1.54) is 8.99 Å². The van der Waals surface area contributed by atoms with Crippen LogP contribution in [0.5, 0.6) is 0 Å². The third kappa shape index (κ3) is 2.75. The van der Waals surface area contributed by atoms with Crippen LogP contribution in [0.4, 0.5) is 5.82 Å². The van der Waals surface area contributed by atoms with Crippen molar-refractivity contribution in [3.8, 4) is 0 Å². The second kappa shape index (κ2) is 5.28. The fourth-order valence-electron chi connectivity index (χ4n) is 1.43. The van der Waals surface area contributed by atoms with Crippen molar-refractivity contribution < 1.29 is 8.42 Å². The number of nitrogen functional groups attached to an aromatic ring is 1. The first kappa shape index (κ1) is 14.3. The van der Waals surface area contributed by atoms with Crippen LogP contribution in [0.2, 0.25) is 0 Å². The van der Waals surface area contributed by atoms with Gasteiger partial charge in [0, 0.05) is 26.4 Å². The zero-order chi connectivity index (χ0) is 13.2. The molecule has 1 aromatic heterocycles. The first-order chi connectivity index (χ1) is 7.82. The first-order valence-electron chi connectivity index (χ1n) is 5.06. The van der Waals surface area contributed by atoms with Gasteiger partial charge in [-0.1, -0.05) is 0 Å². The Morgan fingerprint density at radius 3 is 2.53 bits per heavy atom. The fraction of sp³-hybridized carbons (Fsp3) is 0.667. The number of nitrogens with zero attached hydrogens (tertiary/aromatic N) is 3. The van der Waals surface area contributed by atoms with Gasteiger partial charge < -0.3 is 5.73 Å². The van der Waals surface area contributed by atoms with E-state index in [9.17, 15) is 8.42 Å². The van der Waals surface area contributed by atoms with Gasteiger partial charge in [0.1, 0.15) is 4.90 Å². The van der Waals surface area contributed by atoms with Crippen molar-refractivity contribution in [1.82, 2.24) is 14.1 Å². The quantitative estimate of drug-likeness (QED) is 0.837. The number of aryl methyl sites for hydroxylation is 1. The Labute approximate surface area is 106 Å². The van der Waals surface area contributed by atoms with Crippen LogP contribution in [-0.4, -0.2) is 48.1 Å². The van der Waals surface area contributed by atoms with E-state index in [4.69, 9.17) is 5.73 Å². The number of anilines is 1. The monoisotopic (exact) mass is 278 g/mol. The van der Waals surface area contributed by atoms with Crippen LogP contribution in [0.3, 0.4) is 0 Å². The van der Waals surface area contributed by atoms with Gasteiger partial charge in [0.2, 0.25) is 10.0 Å². The summed E-state index contributed by atoms with van der Waals surface area (Å²) < 4.78 is 27.3. The van der Waals surface area contributed by atoms with Crippen LogP contribution in [-0.2, 0) is 17.1 Å². The molecule has 0 spiro atoms. The maximum Gasteiger partial charge on any atom is 0.248 e. The van der Waals surface area contributed by atoms with Gasteiger partial charge >= 0.3 is 0 Å². The van der Waals surface area contributed by atoms with Crippen molar-refractivity contribution in [2.24, 2.45) is 7.05 Å². The third-order valence-corrected chi connectivity index (χ3v) is 5.20. The molecule has 98 valence electrons. The lowest BCUT2D eigenvalue weighted by atomic mass is 10.5. The predicted octanol–water partition coefficient (Wildman–Crippen LogP) is 0.294. The van der Waals surface area contributed by atoms with E-state index in [0.29, 0.717) is 12.2 Å². The van der Waals surface area contributed by atoms with E-state index in [1.54, 1.807) is 32.8 Å². The van der Waals surface area contributed by atoms with Gasteiger partial charge in [0.25, 0.3) is 0 Å². The molecule has 0 aliphatic carbocycles. The highest BCUT2D eigenvalue weighted by atomic mass is 32.2. The minimum Gasteiger partial charge on any atom is -0.381 e. The highest BCUT2D eigenvalue weighted by molar-refractivity contribution is 7.98. The zero-order valence-corrected chi connectivity index (χ0v) is 12.1. The average Bonchev–Trinajstić information content (AvgIpc) is 2.49. The molecular weight excluding hydrogens is 260 g/mol. The van der Waals surface area contributed by atoms with Gasteiger partial charge in [0.05, 0.1) is 5.69 Å². The second-order valence-electron chi connectivity index (χ2n) is 3.74. The SMILES string of the molecule is CSCCN(C)S(=O)(=O)c1c(N)nn(C)c1C. The first-order valence-corrected chi connectivity index (χ1v) is 7.90. The number of thioether (sulfide) groups is 1. The topological polar surface area (TPSA) is 81.2 Å². The van der Waals surface area contributed by atoms with E-state index in [1.807, 2.05) is 6.26 Å². The van der Waals surface area contributed by atoms with Crippen LogP contribution in [0.15, 0.2) is 4.90 Å². The predicted molar refractivity (Wildman–Crippen MR) is 70.6 cm³/mol. The summed E-state index contributed by atoms with van der Waals surface area (Å²) in [5.74, 6) is 0.801. The summed E-state index contributed by atoms with van der Waals surface area (Å²) in [6.45, 7) is 2.15. The van der Waals surface area contributed by atoms with Gasteiger partial charge in [-0.25, -0.2) is 8.42 Å². The Morgan fingerprint density at radius 1 is 1.53 bits per heavy atom. The summed E-state index contributed by atoms with van der Waals surface area (Å²) in [5, 5.41) is 3.92. The Morgan fingerprint density at radius 2 is 2.12 bits per heavy atom. The zero-order valence-electron chi connectivity index (χ0n) is 10.5. The molecular formula is C9H18N4O2S2. The van der Waals surface area contributed by atoms with E-state index >= 15 is 0 Å². The van der Waals surface area contributed by atoms with Gasteiger partial charge in [-0.2, -0.15) is 21.2 Å². The molecule has 0 amide bonds. The van der Waals surface area contributed by atoms with Gasteiger partial charge in [-0.15, -0.1) is 0 Å². The molecule has 2 N–H and O–H groups in total. The van der Waals surface area contributed by atoms with Crippen molar-refractivity contribution in [3.63, 3.8) is 0 Å². The molecule has 17 heavy (non-hydrogen) atoms. The summed E-state index contributed by atoms with van der Waals surface area (Å²) in [5.41, 5.74) is 6.21. The summed E-state index contributed by atoms with van der Waals surface area (Å²) in [6, 6.07) is 0. The van der Waals surface area contributed by atoms with E-state index in [2.05, 4.69) is 5.10 Å². The summed E-state index contributed by atoms with van der Waals surface area (Å²) in [6.07, 6.45) is 1.93. The molecule has 0 saturated heterocycles. The smallest absolute Gasteiger partial charge is 0.248 e. The average molecular weight is 278 g/mol. The van der Waals surface area contributed by atoms with Crippen LogP contribution < -0.4 is 5.73 Å². The third-order valence-electron chi connectivity index (χ3n) is 2.58. The Balaban J connectivity index is 3.13. The minimum absolute atomic E-state index is 0.0565. The van der Waals surface area contributed by atoms with Gasteiger partial charge in [-0.3, -0.25) is 4.68 Å². The number of rotatable bonds is 5. The van der Waals surface area contributed by atoms with Crippen LogP contribution in [0.25, 0.3) is 0 Å². The largest absolute Gasteiger partial charge is 0.381 e. The number of aromatic nitrogens is 2. The number of nitrogens with two attached hydrogens (primary N) is 1. The number of hydrogen-bond acceptors (Lipinski definition) is 5. The minimum atomic E-state index is -3.54. The standard InChI is InChI=1S/C9H18N4O2S2/c1-7-8(9(10)11-13(7)3)17(14,15)12(2)5-6-16-4/h5-6H2,1-4H3,(H2,10,11). The van der Waals surface area contributed by atoms with Crippen LogP contribution >= 0.6 is 11.8 Å². The van der Waals surface area contributed by atoms with Gasteiger partial charge in [0.15, 0.2) is 5.82 Å². The van der Waals surface area contributed by atoms with Crippen LogP contribution in [0.1, 0.15) is 5.69 Å². The Kier molecular flexibility index (Phi) is 4.45. The normalized spacial score (nSPS) is 12.3. The van der Waals surface area contributed by atoms with E-state index < -0.39 is 10.0 Å². The fourth-order valence-corrected chi connectivity index (χ4v) is 3.45. The maximum absolute atomic E-state index is 12.3. The molecule has 0 bridgehead atoms. The lowest BCUT2D eigenvalue weighted by Crippen LogP contribution is -2.30.